The summed E-state index contributed by atoms with van der Waals surface area (Å²) in [6.45, 7) is 1.63. The highest BCUT2D eigenvalue weighted by atomic mass is 16.2. The van der Waals surface area contributed by atoms with Crippen LogP contribution in [0, 0.1) is 0 Å². The molecular weight excluding hydrogens is 344 g/mol. The molecule has 1 aromatic heterocycles. The van der Waals surface area contributed by atoms with Gasteiger partial charge in [-0.3, -0.25) is 19.3 Å². The van der Waals surface area contributed by atoms with Crippen LogP contribution >= 0.6 is 0 Å². The summed E-state index contributed by atoms with van der Waals surface area (Å²) in [4.78, 5) is 44.6. The Morgan fingerprint density at radius 3 is 2.44 bits per heavy atom. The molecule has 1 saturated heterocycles. The molecule has 2 aromatic rings. The van der Waals surface area contributed by atoms with Crippen LogP contribution in [0.4, 0.5) is 5.82 Å². The number of aromatic nitrogens is 1. The Morgan fingerprint density at radius 1 is 1.07 bits per heavy atom. The van der Waals surface area contributed by atoms with E-state index in [0.29, 0.717) is 17.7 Å². The Morgan fingerprint density at radius 2 is 1.78 bits per heavy atom. The zero-order valence-corrected chi connectivity index (χ0v) is 14.8. The highest BCUT2D eigenvalue weighted by Gasteiger charge is 2.35. The van der Waals surface area contributed by atoms with Gasteiger partial charge < -0.3 is 10.2 Å². The number of hydrogen-bond acceptors (Lipinski definition) is 5. The SMILES string of the molecule is O=C(CCN1C(=O)c2ccccc2C1=O)NC1CCN(c2ccccn2)C1. The first-order valence-electron chi connectivity index (χ1n) is 9.04. The molecule has 3 amide bonds. The van der Waals surface area contributed by atoms with Gasteiger partial charge in [0.15, 0.2) is 0 Å². The summed E-state index contributed by atoms with van der Waals surface area (Å²) < 4.78 is 0. The molecule has 0 bridgehead atoms. The fraction of sp³-hybridized carbons (Fsp3) is 0.300. The second-order valence-corrected chi connectivity index (χ2v) is 6.74. The quantitative estimate of drug-likeness (QED) is 0.813. The van der Waals surface area contributed by atoms with Crippen LogP contribution in [0.5, 0.6) is 0 Å². The molecule has 1 aromatic carbocycles. The Labute approximate surface area is 157 Å². The average Bonchev–Trinajstić information content (AvgIpc) is 3.25. The number of amides is 3. The monoisotopic (exact) mass is 364 g/mol. The zero-order chi connectivity index (χ0) is 18.8. The first kappa shape index (κ1) is 17.2. The summed E-state index contributed by atoms with van der Waals surface area (Å²) in [5, 5.41) is 3.00. The number of imide groups is 1. The third-order valence-corrected chi connectivity index (χ3v) is 4.97. The second kappa shape index (κ2) is 7.19. The molecule has 0 radical (unpaired) electrons. The Balaban J connectivity index is 1.29. The molecule has 1 unspecified atom stereocenters. The van der Waals surface area contributed by atoms with Crippen molar-refractivity contribution in [3.63, 3.8) is 0 Å². The lowest BCUT2D eigenvalue weighted by Crippen LogP contribution is -2.40. The van der Waals surface area contributed by atoms with Crippen molar-refractivity contribution in [1.82, 2.24) is 15.2 Å². The van der Waals surface area contributed by atoms with Gasteiger partial charge in [-0.15, -0.1) is 0 Å². The van der Waals surface area contributed by atoms with Gasteiger partial charge in [-0.1, -0.05) is 18.2 Å². The van der Waals surface area contributed by atoms with Crippen LogP contribution in [0.1, 0.15) is 33.6 Å². The van der Waals surface area contributed by atoms with E-state index in [9.17, 15) is 14.4 Å². The van der Waals surface area contributed by atoms with Crippen molar-refractivity contribution in [2.75, 3.05) is 24.5 Å². The van der Waals surface area contributed by atoms with Crippen LogP contribution in [-0.2, 0) is 4.79 Å². The summed E-state index contributed by atoms with van der Waals surface area (Å²) >= 11 is 0. The molecule has 0 aliphatic carbocycles. The van der Waals surface area contributed by atoms with Gasteiger partial charge in [0.05, 0.1) is 11.1 Å². The maximum absolute atomic E-state index is 12.3. The van der Waals surface area contributed by atoms with Gasteiger partial charge >= 0.3 is 0 Å². The predicted octanol–water partition coefficient (Wildman–Crippen LogP) is 1.46. The number of fused-ring (bicyclic) bond motifs is 1. The topological polar surface area (TPSA) is 82.6 Å². The molecule has 138 valence electrons. The van der Waals surface area contributed by atoms with Gasteiger partial charge in [0, 0.05) is 38.3 Å². The minimum atomic E-state index is -0.328. The molecule has 4 rings (SSSR count). The Hall–Kier alpha value is -3.22. The van der Waals surface area contributed by atoms with E-state index in [1.807, 2.05) is 18.2 Å². The van der Waals surface area contributed by atoms with Crippen molar-refractivity contribution in [2.24, 2.45) is 0 Å². The molecular formula is C20H20N4O3. The molecule has 2 aliphatic rings. The molecule has 1 fully saturated rings. The summed E-state index contributed by atoms with van der Waals surface area (Å²) in [6, 6.07) is 12.5. The van der Waals surface area contributed by atoms with Gasteiger partial charge in [0.25, 0.3) is 11.8 Å². The van der Waals surface area contributed by atoms with Crippen molar-refractivity contribution >= 4 is 23.5 Å². The van der Waals surface area contributed by atoms with E-state index in [1.54, 1.807) is 30.5 Å². The number of pyridine rings is 1. The van der Waals surface area contributed by atoms with E-state index in [-0.39, 0.29) is 36.7 Å². The van der Waals surface area contributed by atoms with Crippen molar-refractivity contribution in [2.45, 2.75) is 18.9 Å². The van der Waals surface area contributed by atoms with E-state index in [2.05, 4.69) is 15.2 Å². The van der Waals surface area contributed by atoms with Crippen LogP contribution in [0.2, 0.25) is 0 Å². The fourth-order valence-corrected chi connectivity index (χ4v) is 3.58. The predicted molar refractivity (Wildman–Crippen MR) is 99.4 cm³/mol. The third kappa shape index (κ3) is 3.40. The number of carbonyl (C=O) groups excluding carboxylic acids is 3. The van der Waals surface area contributed by atoms with Crippen LogP contribution in [0.3, 0.4) is 0 Å². The molecule has 2 aliphatic heterocycles. The summed E-state index contributed by atoms with van der Waals surface area (Å²) in [6.07, 6.45) is 2.70. The minimum Gasteiger partial charge on any atom is -0.354 e. The molecule has 7 nitrogen and oxygen atoms in total. The molecule has 1 atom stereocenters. The number of rotatable bonds is 5. The maximum atomic E-state index is 12.3. The van der Waals surface area contributed by atoms with Gasteiger partial charge in [0.1, 0.15) is 5.82 Å². The standard InChI is InChI=1S/C20H20N4O3/c25-18(22-14-8-11-23(13-14)17-7-3-4-10-21-17)9-12-24-19(26)15-5-1-2-6-16(15)20(24)27/h1-7,10,14H,8-9,11-13H2,(H,22,25). The lowest BCUT2D eigenvalue weighted by molar-refractivity contribution is -0.121. The Bertz CT molecular complexity index is 849. The van der Waals surface area contributed by atoms with E-state index in [0.717, 1.165) is 23.7 Å². The molecule has 0 spiro atoms. The average molecular weight is 364 g/mol. The largest absolute Gasteiger partial charge is 0.354 e. The number of nitrogens with zero attached hydrogens (tertiary/aromatic N) is 3. The van der Waals surface area contributed by atoms with E-state index < -0.39 is 0 Å². The van der Waals surface area contributed by atoms with Gasteiger partial charge in [0.2, 0.25) is 5.91 Å². The molecule has 1 N–H and O–H groups in total. The van der Waals surface area contributed by atoms with Crippen LogP contribution in [0.25, 0.3) is 0 Å². The summed E-state index contributed by atoms with van der Waals surface area (Å²) in [5.74, 6) is 0.0934. The van der Waals surface area contributed by atoms with Gasteiger partial charge in [-0.05, 0) is 30.7 Å². The summed E-state index contributed by atoms with van der Waals surface area (Å²) in [5.41, 5.74) is 0.814. The molecule has 7 heteroatoms. The van der Waals surface area contributed by atoms with Gasteiger partial charge in [-0.2, -0.15) is 0 Å². The highest BCUT2D eigenvalue weighted by molar-refractivity contribution is 6.21. The van der Waals surface area contributed by atoms with Crippen LogP contribution in [0.15, 0.2) is 48.7 Å². The van der Waals surface area contributed by atoms with Crippen LogP contribution < -0.4 is 10.2 Å². The summed E-state index contributed by atoms with van der Waals surface area (Å²) in [7, 11) is 0. The number of nitrogens with one attached hydrogen (secondary N) is 1. The molecule has 27 heavy (non-hydrogen) atoms. The molecule has 3 heterocycles. The fourth-order valence-electron chi connectivity index (χ4n) is 3.58. The highest BCUT2D eigenvalue weighted by Crippen LogP contribution is 2.22. The van der Waals surface area contributed by atoms with Crippen molar-refractivity contribution in [3.05, 3.63) is 59.8 Å². The normalized spacial score (nSPS) is 18.7. The van der Waals surface area contributed by atoms with Crippen molar-refractivity contribution in [1.29, 1.82) is 0 Å². The van der Waals surface area contributed by atoms with Crippen molar-refractivity contribution < 1.29 is 14.4 Å². The lowest BCUT2D eigenvalue weighted by Gasteiger charge is -2.18. The smallest absolute Gasteiger partial charge is 0.261 e. The minimum absolute atomic E-state index is 0.0432. The first-order chi connectivity index (χ1) is 13.1. The maximum Gasteiger partial charge on any atom is 0.261 e. The first-order valence-corrected chi connectivity index (χ1v) is 9.04. The number of carbonyl (C=O) groups is 3. The van der Waals surface area contributed by atoms with Crippen LogP contribution in [-0.4, -0.2) is 53.3 Å². The lowest BCUT2D eigenvalue weighted by atomic mass is 10.1. The number of benzene rings is 1. The van der Waals surface area contributed by atoms with E-state index in [4.69, 9.17) is 0 Å². The second-order valence-electron chi connectivity index (χ2n) is 6.74. The number of hydrogen-bond donors (Lipinski definition) is 1. The van der Waals surface area contributed by atoms with E-state index in [1.165, 1.54) is 0 Å². The van der Waals surface area contributed by atoms with E-state index >= 15 is 0 Å². The molecule has 0 saturated carbocycles. The zero-order valence-electron chi connectivity index (χ0n) is 14.8. The number of anilines is 1. The van der Waals surface area contributed by atoms with Gasteiger partial charge in [-0.25, -0.2) is 4.98 Å². The Kier molecular flexibility index (Phi) is 4.58. The van der Waals surface area contributed by atoms with Crippen molar-refractivity contribution in [3.8, 4) is 0 Å². The third-order valence-electron chi connectivity index (χ3n) is 4.97.